The molecule has 0 saturated carbocycles. The fraction of sp³-hybridized carbons (Fsp3) is 0.440. The van der Waals surface area contributed by atoms with Crippen molar-refractivity contribution in [2.75, 3.05) is 51.1 Å². The van der Waals surface area contributed by atoms with E-state index in [9.17, 15) is 4.79 Å². The maximum absolute atomic E-state index is 13.3. The minimum Gasteiger partial charge on any atom is -0.497 e. The van der Waals surface area contributed by atoms with Crippen molar-refractivity contribution in [3.63, 3.8) is 0 Å². The lowest BCUT2D eigenvalue weighted by atomic mass is 10.3. The van der Waals surface area contributed by atoms with Crippen LogP contribution in [-0.2, 0) is 4.79 Å². The number of carbonyl (C=O) groups is 1. The van der Waals surface area contributed by atoms with E-state index in [-0.39, 0.29) is 18.3 Å². The van der Waals surface area contributed by atoms with Crippen molar-refractivity contribution in [3.8, 4) is 11.5 Å². The van der Waals surface area contributed by atoms with E-state index in [2.05, 4.69) is 18.7 Å². The Morgan fingerprint density at radius 2 is 1.77 bits per heavy atom. The molecule has 0 saturated heterocycles. The number of benzene rings is 2. The zero-order valence-electron chi connectivity index (χ0n) is 20.6. The Morgan fingerprint density at radius 3 is 2.40 bits per heavy atom. The number of fused-ring (bicyclic) bond motifs is 1. The van der Waals surface area contributed by atoms with Crippen LogP contribution in [0.5, 0.6) is 11.5 Å². The van der Waals surface area contributed by atoms with Crippen LogP contribution in [0.25, 0.3) is 10.2 Å². The van der Waals surface area contributed by atoms with Crippen molar-refractivity contribution in [2.45, 2.75) is 31.6 Å². The van der Waals surface area contributed by atoms with Gasteiger partial charge in [-0.1, -0.05) is 36.8 Å². The van der Waals surface area contributed by atoms with Crippen LogP contribution in [0.15, 0.2) is 41.3 Å². The van der Waals surface area contributed by atoms with E-state index in [0.717, 1.165) is 42.3 Å². The van der Waals surface area contributed by atoms with Crippen LogP contribution in [0, 0.1) is 0 Å². The fourth-order valence-corrected chi connectivity index (χ4v) is 5.70. The predicted molar refractivity (Wildman–Crippen MR) is 152 cm³/mol. The first kappa shape index (κ1) is 29.5. The second-order valence-electron chi connectivity index (χ2n) is 7.62. The van der Waals surface area contributed by atoms with Crippen LogP contribution >= 0.6 is 47.1 Å². The van der Waals surface area contributed by atoms with Crippen molar-refractivity contribution in [3.05, 3.63) is 41.4 Å². The number of halogens is 2. The van der Waals surface area contributed by atoms with Gasteiger partial charge in [-0.05, 0) is 61.7 Å². The molecule has 10 heteroatoms. The Kier molecular flexibility index (Phi) is 12.4. The number of carbonyl (C=O) groups excluding carboxylic acids is 1. The summed E-state index contributed by atoms with van der Waals surface area (Å²) in [6.45, 7) is 7.53. The van der Waals surface area contributed by atoms with E-state index in [1.54, 1.807) is 26.0 Å². The van der Waals surface area contributed by atoms with Crippen LogP contribution in [-0.4, -0.2) is 61.9 Å². The summed E-state index contributed by atoms with van der Waals surface area (Å²) in [5, 5.41) is 1.29. The van der Waals surface area contributed by atoms with Gasteiger partial charge in [0.05, 0.1) is 23.9 Å². The largest absolute Gasteiger partial charge is 0.497 e. The second-order valence-corrected chi connectivity index (χ2v) is 10.2. The molecule has 1 aromatic heterocycles. The molecular weight excluding hydrogens is 525 g/mol. The standard InChI is InChI=1S/C25H32ClN3O3S2.ClH/c1-5-28(6-2)15-16-29(25-27-23-21(32-4)14-13-20(26)24(23)34-25)22(30)8-7-17-33-19-11-9-18(31-3)10-12-19;/h9-14H,5-8,15-17H2,1-4H3;1H. The van der Waals surface area contributed by atoms with Crippen molar-refractivity contribution in [1.29, 1.82) is 0 Å². The van der Waals surface area contributed by atoms with Crippen LogP contribution < -0.4 is 14.4 Å². The van der Waals surface area contributed by atoms with Gasteiger partial charge in [-0.2, -0.15) is 0 Å². The highest BCUT2D eigenvalue weighted by Gasteiger charge is 2.22. The highest BCUT2D eigenvalue weighted by Crippen LogP contribution is 2.39. The SMILES string of the molecule is CCN(CC)CCN(C(=O)CCCSc1ccc(OC)cc1)c1nc2c(OC)ccc(Cl)c2s1.Cl. The molecule has 1 amide bonds. The Morgan fingerprint density at radius 1 is 1.06 bits per heavy atom. The first-order valence-electron chi connectivity index (χ1n) is 11.4. The zero-order valence-corrected chi connectivity index (χ0v) is 23.8. The van der Waals surface area contributed by atoms with E-state index in [1.807, 2.05) is 41.3 Å². The third kappa shape index (κ3) is 7.89. The molecule has 35 heavy (non-hydrogen) atoms. The monoisotopic (exact) mass is 557 g/mol. The smallest absolute Gasteiger partial charge is 0.228 e. The molecule has 192 valence electrons. The molecule has 1 heterocycles. The first-order valence-corrected chi connectivity index (χ1v) is 13.6. The van der Waals surface area contributed by atoms with Gasteiger partial charge in [0.25, 0.3) is 0 Å². The van der Waals surface area contributed by atoms with E-state index in [1.165, 1.54) is 16.2 Å². The molecule has 0 aliphatic carbocycles. The summed E-state index contributed by atoms with van der Waals surface area (Å²) in [7, 11) is 3.28. The molecule has 0 atom stereocenters. The number of hydrogen-bond acceptors (Lipinski definition) is 7. The number of hydrogen-bond donors (Lipinski definition) is 0. The van der Waals surface area contributed by atoms with Crippen LogP contribution in [0.1, 0.15) is 26.7 Å². The Balaban J connectivity index is 0.00000432. The maximum Gasteiger partial charge on any atom is 0.228 e. The van der Waals surface area contributed by atoms with Crippen LogP contribution in [0.2, 0.25) is 5.02 Å². The molecule has 6 nitrogen and oxygen atoms in total. The number of aromatic nitrogens is 1. The van der Waals surface area contributed by atoms with Gasteiger partial charge < -0.3 is 14.4 Å². The number of likely N-dealkylation sites (N-methyl/N-ethyl adjacent to an activating group) is 1. The van der Waals surface area contributed by atoms with Crippen LogP contribution in [0.4, 0.5) is 5.13 Å². The van der Waals surface area contributed by atoms with Gasteiger partial charge in [0.2, 0.25) is 5.91 Å². The molecule has 0 bridgehead atoms. The van der Waals surface area contributed by atoms with Crippen molar-refractivity contribution in [1.82, 2.24) is 9.88 Å². The lowest BCUT2D eigenvalue weighted by Gasteiger charge is -2.24. The summed E-state index contributed by atoms with van der Waals surface area (Å²) in [5.74, 6) is 2.45. The number of rotatable bonds is 13. The summed E-state index contributed by atoms with van der Waals surface area (Å²) in [5.41, 5.74) is 0.700. The molecule has 3 aromatic rings. The summed E-state index contributed by atoms with van der Waals surface area (Å²) in [6.07, 6.45) is 1.24. The van der Waals surface area contributed by atoms with E-state index < -0.39 is 0 Å². The average molecular weight is 559 g/mol. The highest BCUT2D eigenvalue weighted by molar-refractivity contribution is 7.99. The van der Waals surface area contributed by atoms with Crippen molar-refractivity contribution < 1.29 is 14.3 Å². The minimum absolute atomic E-state index is 0. The van der Waals surface area contributed by atoms with Crippen LogP contribution in [0.3, 0.4) is 0 Å². The van der Waals surface area contributed by atoms with E-state index in [0.29, 0.717) is 34.4 Å². The summed E-state index contributed by atoms with van der Waals surface area (Å²) < 4.78 is 11.5. The van der Waals surface area contributed by atoms with Gasteiger partial charge in [-0.25, -0.2) is 4.98 Å². The summed E-state index contributed by atoms with van der Waals surface area (Å²) in [6, 6.07) is 11.6. The third-order valence-electron chi connectivity index (χ3n) is 5.60. The molecular formula is C25H33Cl2N3O3S2. The van der Waals surface area contributed by atoms with E-state index in [4.69, 9.17) is 26.1 Å². The topological polar surface area (TPSA) is 54.9 Å². The van der Waals surface area contributed by atoms with Gasteiger partial charge >= 0.3 is 0 Å². The molecule has 0 fully saturated rings. The lowest BCUT2D eigenvalue weighted by Crippen LogP contribution is -2.38. The van der Waals surface area contributed by atoms with Gasteiger partial charge in [0.1, 0.15) is 17.0 Å². The van der Waals surface area contributed by atoms with Crippen molar-refractivity contribution >= 4 is 68.4 Å². The Labute approximate surface area is 227 Å². The number of anilines is 1. The number of thiazole rings is 1. The maximum atomic E-state index is 13.3. The highest BCUT2D eigenvalue weighted by atomic mass is 35.5. The number of methoxy groups -OCH3 is 2. The number of nitrogens with zero attached hydrogens (tertiary/aromatic N) is 3. The van der Waals surface area contributed by atoms with Crippen molar-refractivity contribution in [2.24, 2.45) is 0 Å². The molecule has 2 aromatic carbocycles. The predicted octanol–water partition coefficient (Wildman–Crippen LogP) is 6.64. The first-order chi connectivity index (χ1) is 16.5. The lowest BCUT2D eigenvalue weighted by molar-refractivity contribution is -0.118. The Bertz CT molecular complexity index is 1080. The molecule has 0 N–H and O–H groups in total. The van der Waals surface area contributed by atoms with E-state index >= 15 is 0 Å². The normalized spacial score (nSPS) is 10.9. The fourth-order valence-electron chi connectivity index (χ4n) is 3.55. The van der Waals surface area contributed by atoms with Gasteiger partial charge in [0, 0.05) is 24.4 Å². The second kappa shape index (κ2) is 14.8. The summed E-state index contributed by atoms with van der Waals surface area (Å²) >= 11 is 9.61. The quantitative estimate of drug-likeness (QED) is 0.173. The molecule has 0 aliphatic heterocycles. The zero-order chi connectivity index (χ0) is 24.5. The Hall–Kier alpha value is -1.71. The summed E-state index contributed by atoms with van der Waals surface area (Å²) in [4.78, 5) is 23.4. The minimum atomic E-state index is 0. The van der Waals surface area contributed by atoms with Gasteiger partial charge in [0.15, 0.2) is 5.13 Å². The molecule has 0 aliphatic rings. The number of amides is 1. The number of ether oxygens (including phenoxy) is 2. The third-order valence-corrected chi connectivity index (χ3v) is 8.23. The molecule has 0 unspecified atom stereocenters. The molecule has 0 spiro atoms. The van der Waals surface area contributed by atoms with Gasteiger partial charge in [-0.3, -0.25) is 9.69 Å². The number of thioether (sulfide) groups is 1. The molecule has 3 rings (SSSR count). The average Bonchev–Trinajstić information content (AvgIpc) is 3.31. The molecule has 0 radical (unpaired) electrons. The van der Waals surface area contributed by atoms with Gasteiger partial charge in [-0.15, -0.1) is 24.2 Å².